The maximum absolute atomic E-state index is 13.1. The summed E-state index contributed by atoms with van der Waals surface area (Å²) in [6.07, 6.45) is -6.34. The summed E-state index contributed by atoms with van der Waals surface area (Å²) in [6, 6.07) is 1.42. The van der Waals surface area contributed by atoms with Gasteiger partial charge in [-0.3, -0.25) is 0 Å². The van der Waals surface area contributed by atoms with Crippen molar-refractivity contribution in [2.75, 3.05) is 13.1 Å². The number of hydrogen-bond donors (Lipinski definition) is 0. The lowest BCUT2D eigenvalue weighted by Crippen LogP contribution is -2.29. The molecule has 1 aliphatic heterocycles. The molecule has 0 N–H and O–H groups in total. The van der Waals surface area contributed by atoms with E-state index in [4.69, 9.17) is 0 Å². The van der Waals surface area contributed by atoms with Gasteiger partial charge in [-0.2, -0.15) is 17.5 Å². The molecule has 1 fully saturated rings. The zero-order valence-corrected chi connectivity index (χ0v) is 10.8. The second-order valence-electron chi connectivity index (χ2n) is 4.39. The van der Waals surface area contributed by atoms with Crippen molar-refractivity contribution < 1.29 is 30.4 Å². The van der Waals surface area contributed by atoms with Crippen LogP contribution in [0.4, 0.5) is 22.0 Å². The van der Waals surface area contributed by atoms with Gasteiger partial charge in [-0.1, -0.05) is 0 Å². The average Bonchev–Trinajstić information content (AvgIpc) is 2.75. The fourth-order valence-corrected chi connectivity index (χ4v) is 3.45. The van der Waals surface area contributed by atoms with E-state index < -0.39 is 45.2 Å². The van der Waals surface area contributed by atoms with Gasteiger partial charge in [-0.15, -0.1) is 0 Å². The van der Waals surface area contributed by atoms with Crippen molar-refractivity contribution in [3.8, 4) is 0 Å². The number of sulfonamides is 1. The summed E-state index contributed by atoms with van der Waals surface area (Å²) in [5.74, 6) is -1.55. The van der Waals surface area contributed by atoms with E-state index >= 15 is 0 Å². The quantitative estimate of drug-likeness (QED) is 0.787. The lowest BCUT2D eigenvalue weighted by Gasteiger charge is -2.17. The topological polar surface area (TPSA) is 37.4 Å². The van der Waals surface area contributed by atoms with Crippen molar-refractivity contribution in [2.24, 2.45) is 0 Å². The van der Waals surface area contributed by atoms with Gasteiger partial charge in [0.25, 0.3) is 0 Å². The van der Waals surface area contributed by atoms with Gasteiger partial charge >= 0.3 is 6.18 Å². The molecule has 0 aromatic heterocycles. The molecule has 9 heteroatoms. The lowest BCUT2D eigenvalue weighted by molar-refractivity contribution is -0.140. The van der Waals surface area contributed by atoms with E-state index in [0.717, 1.165) is 10.4 Å². The Kier molecular flexibility index (Phi) is 3.76. The Morgan fingerprint density at radius 1 is 1.25 bits per heavy atom. The minimum Gasteiger partial charge on any atom is -0.246 e. The van der Waals surface area contributed by atoms with Crippen LogP contribution in [0.5, 0.6) is 0 Å². The van der Waals surface area contributed by atoms with Crippen LogP contribution in [0, 0.1) is 5.82 Å². The molecular weight excluding hydrogens is 305 g/mol. The van der Waals surface area contributed by atoms with Crippen LogP contribution < -0.4 is 0 Å². The molecule has 0 aliphatic carbocycles. The standard InChI is InChI=1S/C11H10F5NO2S/c12-7-3-4-17(6-7)20(18,19)8-1-2-10(13)9(5-8)11(14,15)16/h1-2,5,7H,3-4,6H2. The van der Waals surface area contributed by atoms with Crippen molar-refractivity contribution >= 4 is 10.0 Å². The van der Waals surface area contributed by atoms with Crippen molar-refractivity contribution in [1.29, 1.82) is 0 Å². The predicted molar refractivity (Wildman–Crippen MR) is 59.7 cm³/mol. The number of nitrogens with zero attached hydrogens (tertiary/aromatic N) is 1. The molecule has 0 bridgehead atoms. The van der Waals surface area contributed by atoms with E-state index in [2.05, 4.69) is 0 Å². The summed E-state index contributed by atoms with van der Waals surface area (Å²) in [4.78, 5) is -0.694. The molecule has 3 nitrogen and oxygen atoms in total. The molecule has 0 amide bonds. The predicted octanol–water partition coefficient (Wildman–Crippen LogP) is 2.58. The van der Waals surface area contributed by atoms with E-state index in [1.165, 1.54) is 0 Å². The van der Waals surface area contributed by atoms with E-state index in [0.29, 0.717) is 6.07 Å². The molecular formula is C11H10F5NO2S. The zero-order valence-electron chi connectivity index (χ0n) is 9.99. The van der Waals surface area contributed by atoms with Crippen LogP contribution in [0.1, 0.15) is 12.0 Å². The van der Waals surface area contributed by atoms with Gasteiger partial charge in [0.05, 0.1) is 10.5 Å². The Morgan fingerprint density at radius 3 is 2.40 bits per heavy atom. The molecule has 1 aliphatic rings. The van der Waals surface area contributed by atoms with Gasteiger partial charge in [0.15, 0.2) is 0 Å². The minimum atomic E-state index is -5.00. The number of hydrogen-bond acceptors (Lipinski definition) is 2. The number of rotatable bonds is 2. The zero-order chi connectivity index (χ0) is 15.1. The van der Waals surface area contributed by atoms with Gasteiger partial charge in [-0.05, 0) is 24.6 Å². The highest BCUT2D eigenvalue weighted by Gasteiger charge is 2.37. The van der Waals surface area contributed by atoms with Gasteiger partial charge in [0.1, 0.15) is 12.0 Å². The van der Waals surface area contributed by atoms with E-state index in [1.54, 1.807) is 0 Å². The van der Waals surface area contributed by atoms with Gasteiger partial charge < -0.3 is 0 Å². The van der Waals surface area contributed by atoms with Crippen molar-refractivity contribution in [1.82, 2.24) is 4.31 Å². The fraction of sp³-hybridized carbons (Fsp3) is 0.455. The molecule has 0 saturated carbocycles. The van der Waals surface area contributed by atoms with Crippen molar-refractivity contribution in [3.63, 3.8) is 0 Å². The largest absolute Gasteiger partial charge is 0.419 e. The van der Waals surface area contributed by atoms with Gasteiger partial charge in [0.2, 0.25) is 10.0 Å². The SMILES string of the molecule is O=S(=O)(c1ccc(F)c(C(F)(F)F)c1)N1CCC(F)C1. The molecule has 0 radical (unpaired) electrons. The normalized spacial score (nSPS) is 21.4. The molecule has 2 rings (SSSR count). The third kappa shape index (κ3) is 2.78. The Hall–Kier alpha value is -1.22. The molecule has 0 spiro atoms. The summed E-state index contributed by atoms with van der Waals surface area (Å²) in [7, 11) is -4.24. The maximum Gasteiger partial charge on any atom is 0.419 e. The third-order valence-corrected chi connectivity index (χ3v) is 4.84. The molecule has 112 valence electrons. The number of halogens is 5. The van der Waals surface area contributed by atoms with E-state index in [1.807, 2.05) is 0 Å². The number of benzene rings is 1. The Morgan fingerprint density at radius 2 is 1.90 bits per heavy atom. The summed E-state index contributed by atoms with van der Waals surface area (Å²) in [6.45, 7) is -0.511. The van der Waals surface area contributed by atoms with E-state index in [9.17, 15) is 30.4 Å². The summed E-state index contributed by atoms with van der Waals surface area (Å²) in [5, 5.41) is 0. The van der Waals surface area contributed by atoms with Crippen molar-refractivity contribution in [2.45, 2.75) is 23.7 Å². The van der Waals surface area contributed by atoms with Crippen LogP contribution in [-0.2, 0) is 16.2 Å². The summed E-state index contributed by atoms with van der Waals surface area (Å²) >= 11 is 0. The molecule has 1 unspecified atom stereocenters. The third-order valence-electron chi connectivity index (χ3n) is 2.97. The molecule has 1 aromatic rings. The highest BCUT2D eigenvalue weighted by molar-refractivity contribution is 7.89. The summed E-state index contributed by atoms with van der Waals surface area (Å²) < 4.78 is 88.6. The summed E-state index contributed by atoms with van der Waals surface area (Å²) in [5.41, 5.74) is -1.66. The second-order valence-corrected chi connectivity index (χ2v) is 6.33. The number of alkyl halides is 4. The van der Waals surface area contributed by atoms with Crippen LogP contribution in [0.15, 0.2) is 23.1 Å². The molecule has 1 atom stereocenters. The fourth-order valence-electron chi connectivity index (χ4n) is 1.94. The van der Waals surface area contributed by atoms with E-state index in [-0.39, 0.29) is 19.0 Å². The van der Waals surface area contributed by atoms with Crippen LogP contribution in [-0.4, -0.2) is 32.0 Å². The highest BCUT2D eigenvalue weighted by atomic mass is 32.2. The molecule has 1 saturated heterocycles. The second kappa shape index (κ2) is 4.96. The Bertz CT molecular complexity index is 614. The molecule has 1 heterocycles. The lowest BCUT2D eigenvalue weighted by atomic mass is 10.2. The van der Waals surface area contributed by atoms with Gasteiger partial charge in [0, 0.05) is 13.1 Å². The van der Waals surface area contributed by atoms with Crippen LogP contribution in [0.25, 0.3) is 0 Å². The first-order chi connectivity index (χ1) is 9.12. The smallest absolute Gasteiger partial charge is 0.246 e. The van der Waals surface area contributed by atoms with Crippen LogP contribution >= 0.6 is 0 Å². The monoisotopic (exact) mass is 315 g/mol. The highest BCUT2D eigenvalue weighted by Crippen LogP contribution is 2.33. The Balaban J connectivity index is 2.43. The van der Waals surface area contributed by atoms with Crippen LogP contribution in [0.3, 0.4) is 0 Å². The average molecular weight is 315 g/mol. The first-order valence-electron chi connectivity index (χ1n) is 5.63. The molecule has 20 heavy (non-hydrogen) atoms. The maximum atomic E-state index is 13.1. The van der Waals surface area contributed by atoms with Crippen LogP contribution in [0.2, 0.25) is 0 Å². The van der Waals surface area contributed by atoms with Crippen molar-refractivity contribution in [3.05, 3.63) is 29.6 Å². The minimum absolute atomic E-state index is 0.00739. The van der Waals surface area contributed by atoms with Gasteiger partial charge in [-0.25, -0.2) is 17.2 Å². The Labute approximate surface area is 112 Å². The first kappa shape index (κ1) is 15.2. The molecule has 1 aromatic carbocycles. The first-order valence-corrected chi connectivity index (χ1v) is 7.07.